The van der Waals surface area contributed by atoms with E-state index in [1.165, 1.54) is 11.1 Å². The molecule has 0 atom stereocenters. The van der Waals surface area contributed by atoms with Gasteiger partial charge in [-0.2, -0.15) is 0 Å². The summed E-state index contributed by atoms with van der Waals surface area (Å²) in [4.78, 5) is 1.96. The Morgan fingerprint density at radius 2 is 2.15 bits per heavy atom. The first-order valence-corrected chi connectivity index (χ1v) is 6.99. The fourth-order valence-corrected chi connectivity index (χ4v) is 1.99. The zero-order chi connectivity index (χ0) is 14.4. The first-order valence-electron chi connectivity index (χ1n) is 6.99. The zero-order valence-electron chi connectivity index (χ0n) is 12.4. The van der Waals surface area contributed by atoms with Gasteiger partial charge in [-0.15, -0.1) is 5.10 Å². The molecule has 0 spiro atoms. The molecule has 108 valence electrons. The van der Waals surface area contributed by atoms with Crippen molar-refractivity contribution in [2.45, 2.75) is 33.4 Å². The molecule has 0 bridgehead atoms. The molecular weight excluding hydrogens is 252 g/mol. The van der Waals surface area contributed by atoms with Crippen molar-refractivity contribution in [3.63, 3.8) is 0 Å². The molecule has 0 amide bonds. The topological polar surface area (TPSA) is 54.2 Å². The lowest BCUT2D eigenvalue weighted by molar-refractivity contribution is 0.465. The normalized spacial score (nSPS) is 10.8. The van der Waals surface area contributed by atoms with Crippen LogP contribution in [0.4, 0.5) is 6.01 Å². The van der Waals surface area contributed by atoms with E-state index in [0.717, 1.165) is 19.5 Å². The number of benzene rings is 1. The maximum absolute atomic E-state index is 5.64. The summed E-state index contributed by atoms with van der Waals surface area (Å²) in [6, 6.07) is 8.97. The highest BCUT2D eigenvalue weighted by atomic mass is 16.4. The molecule has 5 heteroatoms. The molecule has 0 aliphatic heterocycles. The average molecular weight is 274 g/mol. The standard InChI is InChI=1S/C15H22N4O/c1-4-8-16-10-14-17-18-15(20-14)19(3)11-13-7-5-6-12(2)9-13/h5-7,9,16H,4,8,10-11H2,1-3H3. The maximum atomic E-state index is 5.64. The van der Waals surface area contributed by atoms with Crippen LogP contribution in [-0.4, -0.2) is 23.8 Å². The summed E-state index contributed by atoms with van der Waals surface area (Å²) >= 11 is 0. The van der Waals surface area contributed by atoms with Crippen LogP contribution < -0.4 is 10.2 Å². The second-order valence-electron chi connectivity index (χ2n) is 5.00. The van der Waals surface area contributed by atoms with Gasteiger partial charge in [-0.25, -0.2) is 0 Å². The Bertz CT molecular complexity index is 538. The minimum Gasteiger partial charge on any atom is -0.407 e. The largest absolute Gasteiger partial charge is 0.407 e. The number of hydrogen-bond acceptors (Lipinski definition) is 5. The van der Waals surface area contributed by atoms with Gasteiger partial charge in [0.1, 0.15) is 0 Å². The van der Waals surface area contributed by atoms with E-state index in [1.807, 2.05) is 11.9 Å². The van der Waals surface area contributed by atoms with Crippen LogP contribution in [0.3, 0.4) is 0 Å². The summed E-state index contributed by atoms with van der Waals surface area (Å²) in [7, 11) is 1.96. The van der Waals surface area contributed by atoms with E-state index in [4.69, 9.17) is 4.42 Å². The van der Waals surface area contributed by atoms with Gasteiger partial charge in [-0.1, -0.05) is 41.9 Å². The summed E-state index contributed by atoms with van der Waals surface area (Å²) in [6.45, 7) is 6.55. The van der Waals surface area contributed by atoms with Gasteiger partial charge in [0.15, 0.2) is 0 Å². The van der Waals surface area contributed by atoms with Gasteiger partial charge >= 0.3 is 6.01 Å². The van der Waals surface area contributed by atoms with Gasteiger partial charge < -0.3 is 14.6 Å². The lowest BCUT2D eigenvalue weighted by Gasteiger charge is -2.14. The molecular formula is C15H22N4O. The number of aromatic nitrogens is 2. The molecule has 0 radical (unpaired) electrons. The second-order valence-corrected chi connectivity index (χ2v) is 5.00. The molecule has 1 aromatic carbocycles. The Labute approximate surface area is 120 Å². The highest BCUT2D eigenvalue weighted by molar-refractivity contribution is 5.29. The molecule has 2 aromatic rings. The van der Waals surface area contributed by atoms with E-state index in [9.17, 15) is 0 Å². The van der Waals surface area contributed by atoms with E-state index in [-0.39, 0.29) is 0 Å². The molecule has 0 saturated heterocycles. The third kappa shape index (κ3) is 4.06. The summed E-state index contributed by atoms with van der Waals surface area (Å²) in [5, 5.41) is 11.4. The van der Waals surface area contributed by atoms with Crippen molar-refractivity contribution < 1.29 is 4.42 Å². The molecule has 20 heavy (non-hydrogen) atoms. The van der Waals surface area contributed by atoms with Gasteiger partial charge in [0.2, 0.25) is 5.89 Å². The number of nitrogens with one attached hydrogen (secondary N) is 1. The molecule has 0 aliphatic carbocycles. The predicted octanol–water partition coefficient (Wildman–Crippen LogP) is 2.51. The van der Waals surface area contributed by atoms with Gasteiger partial charge in [0, 0.05) is 13.6 Å². The lowest BCUT2D eigenvalue weighted by Crippen LogP contribution is -2.16. The van der Waals surface area contributed by atoms with Crippen molar-refractivity contribution in [3.8, 4) is 0 Å². The smallest absolute Gasteiger partial charge is 0.318 e. The van der Waals surface area contributed by atoms with E-state index in [2.05, 4.69) is 53.6 Å². The first-order chi connectivity index (χ1) is 9.69. The van der Waals surface area contributed by atoms with Crippen molar-refractivity contribution in [3.05, 3.63) is 41.3 Å². The monoisotopic (exact) mass is 274 g/mol. The van der Waals surface area contributed by atoms with Gasteiger partial charge in [0.25, 0.3) is 0 Å². The Morgan fingerprint density at radius 3 is 2.90 bits per heavy atom. The quantitative estimate of drug-likeness (QED) is 0.786. The molecule has 1 aromatic heterocycles. The molecule has 0 fully saturated rings. The Hall–Kier alpha value is -1.88. The van der Waals surface area contributed by atoms with Crippen LogP contribution in [0.5, 0.6) is 0 Å². The third-order valence-corrected chi connectivity index (χ3v) is 2.99. The van der Waals surface area contributed by atoms with Crippen LogP contribution >= 0.6 is 0 Å². The van der Waals surface area contributed by atoms with Gasteiger partial charge in [-0.05, 0) is 25.5 Å². The molecule has 2 rings (SSSR count). The molecule has 0 saturated carbocycles. The highest BCUT2D eigenvalue weighted by Gasteiger charge is 2.10. The van der Waals surface area contributed by atoms with Gasteiger partial charge in [-0.3, -0.25) is 0 Å². The Kier molecular flexibility index (Phi) is 5.12. The SMILES string of the molecule is CCCNCc1nnc(N(C)Cc2cccc(C)c2)o1. The van der Waals surface area contributed by atoms with Crippen LogP contribution in [0.25, 0.3) is 0 Å². The predicted molar refractivity (Wildman–Crippen MR) is 79.6 cm³/mol. The minimum absolute atomic E-state index is 0.555. The lowest BCUT2D eigenvalue weighted by atomic mass is 10.1. The molecule has 0 aliphatic rings. The van der Waals surface area contributed by atoms with Crippen LogP contribution in [0.2, 0.25) is 0 Å². The van der Waals surface area contributed by atoms with Crippen LogP contribution in [0.15, 0.2) is 28.7 Å². The van der Waals surface area contributed by atoms with E-state index in [0.29, 0.717) is 18.5 Å². The summed E-state index contributed by atoms with van der Waals surface area (Å²) < 4.78 is 5.64. The molecule has 1 heterocycles. The average Bonchev–Trinajstić information content (AvgIpc) is 2.88. The highest BCUT2D eigenvalue weighted by Crippen LogP contribution is 2.14. The molecule has 5 nitrogen and oxygen atoms in total. The number of rotatable bonds is 7. The zero-order valence-corrected chi connectivity index (χ0v) is 12.4. The number of hydrogen-bond donors (Lipinski definition) is 1. The van der Waals surface area contributed by atoms with Gasteiger partial charge in [0.05, 0.1) is 6.54 Å². The minimum atomic E-state index is 0.555. The number of anilines is 1. The Morgan fingerprint density at radius 1 is 1.30 bits per heavy atom. The van der Waals surface area contributed by atoms with Crippen molar-refractivity contribution in [1.82, 2.24) is 15.5 Å². The van der Waals surface area contributed by atoms with E-state index in [1.54, 1.807) is 0 Å². The second kappa shape index (κ2) is 7.05. The van der Waals surface area contributed by atoms with Crippen molar-refractivity contribution in [1.29, 1.82) is 0 Å². The maximum Gasteiger partial charge on any atom is 0.318 e. The number of nitrogens with zero attached hydrogens (tertiary/aromatic N) is 3. The Balaban J connectivity index is 1.93. The van der Waals surface area contributed by atoms with Crippen molar-refractivity contribution in [2.75, 3.05) is 18.5 Å². The summed E-state index contributed by atoms with van der Waals surface area (Å²) in [5.74, 6) is 0.629. The van der Waals surface area contributed by atoms with Crippen molar-refractivity contribution in [2.24, 2.45) is 0 Å². The van der Waals surface area contributed by atoms with Crippen LogP contribution in [0, 0.1) is 6.92 Å². The van der Waals surface area contributed by atoms with Crippen LogP contribution in [0.1, 0.15) is 30.4 Å². The molecule has 1 N–H and O–H groups in total. The number of aryl methyl sites for hydroxylation is 1. The first kappa shape index (κ1) is 14.5. The third-order valence-electron chi connectivity index (χ3n) is 2.99. The fraction of sp³-hybridized carbons (Fsp3) is 0.467. The van der Waals surface area contributed by atoms with Crippen LogP contribution in [-0.2, 0) is 13.1 Å². The van der Waals surface area contributed by atoms with E-state index < -0.39 is 0 Å². The summed E-state index contributed by atoms with van der Waals surface area (Å²) in [6.07, 6.45) is 1.09. The fourth-order valence-electron chi connectivity index (χ4n) is 1.99. The van der Waals surface area contributed by atoms with E-state index >= 15 is 0 Å². The molecule has 0 unspecified atom stereocenters. The summed E-state index contributed by atoms with van der Waals surface area (Å²) in [5.41, 5.74) is 2.49. The van der Waals surface area contributed by atoms with Crippen molar-refractivity contribution >= 4 is 6.01 Å².